The van der Waals surface area contributed by atoms with Crippen LogP contribution >= 0.6 is 23.2 Å². The van der Waals surface area contributed by atoms with Crippen molar-refractivity contribution in [3.8, 4) is 0 Å². The Morgan fingerprint density at radius 2 is 1.85 bits per heavy atom. The van der Waals surface area contributed by atoms with Gasteiger partial charge in [0.2, 0.25) is 0 Å². The van der Waals surface area contributed by atoms with Crippen LogP contribution in [0.3, 0.4) is 0 Å². The summed E-state index contributed by atoms with van der Waals surface area (Å²) in [6, 6.07) is 2.18. The van der Waals surface area contributed by atoms with E-state index in [2.05, 4.69) is 0 Å². The van der Waals surface area contributed by atoms with Crippen LogP contribution < -0.4 is 0 Å². The molecule has 112 valence electrons. The lowest BCUT2D eigenvalue weighted by Gasteiger charge is -2.10. The second kappa shape index (κ2) is 6.78. The first kappa shape index (κ1) is 17.3. The van der Waals surface area contributed by atoms with Crippen molar-refractivity contribution < 1.29 is 18.3 Å². The Labute approximate surface area is 128 Å². The maximum absolute atomic E-state index is 12.2. The molecule has 0 bridgehead atoms. The Morgan fingerprint density at radius 3 is 2.35 bits per heavy atom. The minimum absolute atomic E-state index is 0.0513. The molecule has 0 spiro atoms. The van der Waals surface area contributed by atoms with Crippen molar-refractivity contribution in [2.45, 2.75) is 31.6 Å². The van der Waals surface area contributed by atoms with Gasteiger partial charge in [0.05, 0.1) is 26.3 Å². The lowest BCUT2D eigenvalue weighted by Crippen LogP contribution is -2.10. The Balaban J connectivity index is 3.11. The predicted molar refractivity (Wildman–Crippen MR) is 79.5 cm³/mol. The summed E-state index contributed by atoms with van der Waals surface area (Å²) in [5, 5.41) is 8.84. The molecule has 0 amide bonds. The van der Waals surface area contributed by atoms with Gasteiger partial charge in [-0.05, 0) is 30.9 Å². The third kappa shape index (κ3) is 4.36. The fraction of sp³-hybridized carbons (Fsp3) is 0.462. The molecular formula is C13H16Cl2O4S. The SMILES string of the molecule is CC(C)CCCS(=O)(=O)c1cc(C(=O)O)c(Cl)cc1Cl. The van der Waals surface area contributed by atoms with Crippen LogP contribution in [0.4, 0.5) is 0 Å². The van der Waals surface area contributed by atoms with E-state index in [0.717, 1.165) is 18.6 Å². The van der Waals surface area contributed by atoms with Crippen LogP contribution in [0.2, 0.25) is 10.0 Å². The minimum atomic E-state index is -3.61. The summed E-state index contributed by atoms with van der Waals surface area (Å²) in [5.74, 6) is -0.947. The van der Waals surface area contributed by atoms with Gasteiger partial charge < -0.3 is 5.11 Å². The molecular weight excluding hydrogens is 323 g/mol. The molecule has 1 aromatic rings. The van der Waals surface area contributed by atoms with Crippen molar-refractivity contribution in [2.24, 2.45) is 5.92 Å². The number of benzene rings is 1. The fourth-order valence-corrected chi connectivity index (χ4v) is 3.96. The van der Waals surface area contributed by atoms with E-state index >= 15 is 0 Å². The highest BCUT2D eigenvalue weighted by Gasteiger charge is 2.22. The van der Waals surface area contributed by atoms with Gasteiger partial charge in [-0.2, -0.15) is 0 Å². The Bertz CT molecular complexity index is 609. The van der Waals surface area contributed by atoms with Crippen molar-refractivity contribution in [3.05, 3.63) is 27.7 Å². The number of hydrogen-bond acceptors (Lipinski definition) is 3. The molecule has 0 aliphatic heterocycles. The van der Waals surface area contributed by atoms with Crippen LogP contribution in [0.25, 0.3) is 0 Å². The Hall–Kier alpha value is -0.780. The number of carboxylic acid groups (broad SMARTS) is 1. The first-order valence-electron chi connectivity index (χ1n) is 6.10. The summed E-state index contributed by atoms with van der Waals surface area (Å²) in [7, 11) is -3.61. The number of halogens is 2. The van der Waals surface area contributed by atoms with Gasteiger partial charge in [0.25, 0.3) is 0 Å². The summed E-state index contributed by atoms with van der Waals surface area (Å²) in [6.45, 7) is 4.01. The number of carbonyl (C=O) groups is 1. The maximum atomic E-state index is 12.2. The number of rotatable bonds is 6. The molecule has 0 fully saturated rings. The largest absolute Gasteiger partial charge is 0.478 e. The topological polar surface area (TPSA) is 71.4 Å². The average Bonchev–Trinajstić information content (AvgIpc) is 2.26. The van der Waals surface area contributed by atoms with Crippen LogP contribution in [0.1, 0.15) is 37.0 Å². The highest BCUT2D eigenvalue weighted by Crippen LogP contribution is 2.30. The molecule has 0 saturated heterocycles. The van der Waals surface area contributed by atoms with Crippen LogP contribution in [0.15, 0.2) is 17.0 Å². The standard InChI is InChI=1S/C13H16Cl2O4S/c1-8(2)4-3-5-20(18,19)12-6-9(13(16)17)10(14)7-11(12)15/h6-8H,3-5H2,1-2H3,(H,16,17). The lowest BCUT2D eigenvalue weighted by molar-refractivity contribution is 0.0697. The quantitative estimate of drug-likeness (QED) is 0.853. The molecule has 0 radical (unpaired) electrons. The molecule has 4 nitrogen and oxygen atoms in total. The van der Waals surface area contributed by atoms with Gasteiger partial charge in [0, 0.05) is 0 Å². The Morgan fingerprint density at radius 1 is 1.25 bits per heavy atom. The molecule has 0 atom stereocenters. The number of aromatic carboxylic acids is 1. The zero-order chi connectivity index (χ0) is 15.5. The summed E-state index contributed by atoms with van der Waals surface area (Å²) in [5.41, 5.74) is -0.265. The normalized spacial score (nSPS) is 11.8. The van der Waals surface area contributed by atoms with Crippen LogP contribution in [-0.2, 0) is 9.84 Å². The van der Waals surface area contributed by atoms with Crippen molar-refractivity contribution in [2.75, 3.05) is 5.75 Å². The van der Waals surface area contributed by atoms with Gasteiger partial charge in [0.15, 0.2) is 9.84 Å². The molecule has 20 heavy (non-hydrogen) atoms. The molecule has 0 aliphatic carbocycles. The van der Waals surface area contributed by atoms with Crippen LogP contribution in [-0.4, -0.2) is 25.2 Å². The predicted octanol–water partition coefficient (Wildman–Crippen LogP) is 3.90. The second-order valence-corrected chi connectivity index (χ2v) is 7.81. The maximum Gasteiger partial charge on any atom is 0.337 e. The Kier molecular flexibility index (Phi) is 5.86. The van der Waals surface area contributed by atoms with Crippen molar-refractivity contribution >= 4 is 39.0 Å². The van der Waals surface area contributed by atoms with E-state index in [9.17, 15) is 13.2 Å². The minimum Gasteiger partial charge on any atom is -0.478 e. The van der Waals surface area contributed by atoms with E-state index in [-0.39, 0.29) is 26.3 Å². The highest BCUT2D eigenvalue weighted by molar-refractivity contribution is 7.91. The summed E-state index contributed by atoms with van der Waals surface area (Å²) in [4.78, 5) is 10.8. The van der Waals surface area contributed by atoms with Gasteiger partial charge in [0.1, 0.15) is 0 Å². The molecule has 0 aliphatic rings. The van der Waals surface area contributed by atoms with Gasteiger partial charge >= 0.3 is 5.97 Å². The van der Waals surface area contributed by atoms with Gasteiger partial charge in [-0.15, -0.1) is 0 Å². The van der Waals surface area contributed by atoms with Crippen LogP contribution in [0, 0.1) is 5.92 Å². The summed E-state index contributed by atoms with van der Waals surface area (Å²) in [6.07, 6.45) is 1.28. The zero-order valence-corrected chi connectivity index (χ0v) is 13.5. The third-order valence-electron chi connectivity index (χ3n) is 2.78. The monoisotopic (exact) mass is 338 g/mol. The van der Waals surface area contributed by atoms with Crippen molar-refractivity contribution in [1.82, 2.24) is 0 Å². The molecule has 1 N–H and O–H groups in total. The van der Waals surface area contributed by atoms with Gasteiger partial charge in [-0.3, -0.25) is 0 Å². The van der Waals surface area contributed by atoms with E-state index in [4.69, 9.17) is 28.3 Å². The van der Waals surface area contributed by atoms with E-state index in [1.54, 1.807) is 0 Å². The third-order valence-corrected chi connectivity index (χ3v) is 5.35. The number of sulfone groups is 1. The molecule has 0 aromatic heterocycles. The summed E-state index contributed by atoms with van der Waals surface area (Å²) < 4.78 is 24.4. The highest BCUT2D eigenvalue weighted by atomic mass is 35.5. The van der Waals surface area contributed by atoms with Crippen LogP contribution in [0.5, 0.6) is 0 Å². The number of hydrogen-bond donors (Lipinski definition) is 1. The first-order valence-corrected chi connectivity index (χ1v) is 8.51. The van der Waals surface area contributed by atoms with E-state index < -0.39 is 15.8 Å². The fourth-order valence-electron chi connectivity index (χ4n) is 1.72. The molecule has 7 heteroatoms. The first-order chi connectivity index (χ1) is 9.15. The van der Waals surface area contributed by atoms with Crippen molar-refractivity contribution in [1.29, 1.82) is 0 Å². The van der Waals surface area contributed by atoms with E-state index in [1.165, 1.54) is 0 Å². The smallest absolute Gasteiger partial charge is 0.337 e. The molecule has 0 saturated carbocycles. The second-order valence-electron chi connectivity index (χ2n) is 4.92. The molecule has 1 rings (SSSR count). The molecule has 1 aromatic carbocycles. The average molecular weight is 339 g/mol. The summed E-state index contributed by atoms with van der Waals surface area (Å²) >= 11 is 11.6. The lowest BCUT2D eigenvalue weighted by atomic mass is 10.1. The number of carboxylic acids is 1. The van der Waals surface area contributed by atoms with Gasteiger partial charge in [-0.25, -0.2) is 13.2 Å². The van der Waals surface area contributed by atoms with E-state index in [1.807, 2.05) is 13.8 Å². The molecule has 0 unspecified atom stereocenters. The zero-order valence-electron chi connectivity index (χ0n) is 11.2. The van der Waals surface area contributed by atoms with E-state index in [0.29, 0.717) is 12.3 Å². The molecule has 0 heterocycles. The van der Waals surface area contributed by atoms with Gasteiger partial charge in [-0.1, -0.05) is 37.0 Å². The van der Waals surface area contributed by atoms with Crippen molar-refractivity contribution in [3.63, 3.8) is 0 Å².